The van der Waals surface area contributed by atoms with Crippen molar-refractivity contribution in [3.8, 4) is 5.75 Å². The molecule has 136 valence electrons. The predicted molar refractivity (Wildman–Crippen MR) is 111 cm³/mol. The van der Waals surface area contributed by atoms with E-state index in [1.54, 1.807) is 13.2 Å². The van der Waals surface area contributed by atoms with Crippen LogP contribution in [0.15, 0.2) is 53.5 Å². The van der Waals surface area contributed by atoms with Crippen LogP contribution in [-0.4, -0.2) is 38.6 Å². The lowest BCUT2D eigenvalue weighted by atomic mass is 10.1. The summed E-state index contributed by atoms with van der Waals surface area (Å²) in [5.74, 6) is 0.705. The highest BCUT2D eigenvalue weighted by Gasteiger charge is 2.14. The number of anilines is 1. The fraction of sp³-hybridized carbons (Fsp3) is 0.278. The molecule has 0 saturated heterocycles. The number of likely N-dealkylation sites (N-methyl/N-ethyl adjacent to an activating group) is 1. The number of nitrogens with zero attached hydrogens (tertiary/aromatic N) is 2. The average molecular weight is 458 g/mol. The number of ether oxygens (including phenoxy) is 1. The van der Waals surface area contributed by atoms with Gasteiger partial charge in [0.2, 0.25) is 0 Å². The molecule has 5 nitrogen and oxygen atoms in total. The summed E-state index contributed by atoms with van der Waals surface area (Å²) in [7, 11) is 5.45. The first-order valence-corrected chi connectivity index (χ1v) is 7.63. The minimum Gasteiger partial charge on any atom is -0.495 e. The molecule has 0 amide bonds. The minimum absolute atomic E-state index is 0. The molecule has 0 saturated carbocycles. The number of halogens is 2. The van der Waals surface area contributed by atoms with Crippen LogP contribution in [0, 0.1) is 5.82 Å². The molecule has 0 bridgehead atoms. The number of nitrogens with two attached hydrogens (primary N) is 1. The Bertz CT molecular complexity index is 709. The number of guanidine groups is 1. The van der Waals surface area contributed by atoms with Crippen LogP contribution in [-0.2, 0) is 0 Å². The molecule has 25 heavy (non-hydrogen) atoms. The van der Waals surface area contributed by atoms with Crippen LogP contribution in [0.5, 0.6) is 5.75 Å². The standard InChI is InChI=1S/C18H23FN4O.HI/c1-23(2)16(13-7-6-8-14(19)11-13)12-21-18(20)22-15-9-4-5-10-17(15)24-3;/h4-11,16H,12H2,1-3H3,(H3,20,21,22);1H. The quantitative estimate of drug-likeness (QED) is 0.396. The van der Waals surface area contributed by atoms with E-state index in [0.29, 0.717) is 12.3 Å². The van der Waals surface area contributed by atoms with Gasteiger partial charge in [-0.1, -0.05) is 24.3 Å². The molecule has 2 aromatic rings. The lowest BCUT2D eigenvalue weighted by molar-refractivity contribution is 0.306. The van der Waals surface area contributed by atoms with Gasteiger partial charge in [0.1, 0.15) is 11.6 Å². The van der Waals surface area contributed by atoms with E-state index in [1.807, 2.05) is 49.3 Å². The third-order valence-corrected chi connectivity index (χ3v) is 3.66. The highest BCUT2D eigenvalue weighted by molar-refractivity contribution is 14.0. The topological polar surface area (TPSA) is 62.9 Å². The number of para-hydroxylation sites is 2. The molecule has 0 aliphatic carbocycles. The Morgan fingerprint density at radius 1 is 1.24 bits per heavy atom. The van der Waals surface area contributed by atoms with Crippen molar-refractivity contribution in [3.05, 3.63) is 59.9 Å². The van der Waals surface area contributed by atoms with Gasteiger partial charge in [0, 0.05) is 0 Å². The summed E-state index contributed by atoms with van der Waals surface area (Å²) in [5.41, 5.74) is 7.58. The summed E-state index contributed by atoms with van der Waals surface area (Å²) in [6.45, 7) is 0.407. The van der Waals surface area contributed by atoms with Crippen molar-refractivity contribution in [2.75, 3.05) is 33.1 Å². The average Bonchev–Trinajstić information content (AvgIpc) is 2.55. The molecule has 0 spiro atoms. The first kappa shape index (κ1) is 21.2. The fourth-order valence-electron chi connectivity index (χ4n) is 2.39. The molecule has 0 aliphatic rings. The first-order valence-electron chi connectivity index (χ1n) is 7.63. The van der Waals surface area contributed by atoms with Crippen LogP contribution >= 0.6 is 24.0 Å². The van der Waals surface area contributed by atoms with Crippen LogP contribution in [0.2, 0.25) is 0 Å². The van der Waals surface area contributed by atoms with E-state index < -0.39 is 0 Å². The fourth-order valence-corrected chi connectivity index (χ4v) is 2.39. The molecular formula is C18H24FIN4O. The van der Waals surface area contributed by atoms with Crippen LogP contribution in [0.4, 0.5) is 10.1 Å². The summed E-state index contributed by atoms with van der Waals surface area (Å²) in [5, 5.41) is 3.03. The van der Waals surface area contributed by atoms with Crippen LogP contribution < -0.4 is 15.8 Å². The van der Waals surface area contributed by atoms with Crippen molar-refractivity contribution < 1.29 is 9.13 Å². The second-order valence-electron chi connectivity index (χ2n) is 5.59. The minimum atomic E-state index is -0.261. The molecule has 0 heterocycles. The van der Waals surface area contributed by atoms with Crippen LogP contribution in [0.3, 0.4) is 0 Å². The van der Waals surface area contributed by atoms with Crippen molar-refractivity contribution in [1.82, 2.24) is 4.90 Å². The van der Waals surface area contributed by atoms with E-state index in [2.05, 4.69) is 10.3 Å². The Morgan fingerprint density at radius 3 is 2.60 bits per heavy atom. The number of nitrogens with one attached hydrogen (secondary N) is 1. The number of hydrogen-bond donors (Lipinski definition) is 2. The van der Waals surface area contributed by atoms with Crippen molar-refractivity contribution in [2.24, 2.45) is 10.7 Å². The zero-order chi connectivity index (χ0) is 17.5. The van der Waals surface area contributed by atoms with E-state index in [4.69, 9.17) is 10.5 Å². The number of hydrogen-bond acceptors (Lipinski definition) is 3. The van der Waals surface area contributed by atoms with E-state index >= 15 is 0 Å². The molecule has 1 unspecified atom stereocenters. The van der Waals surface area contributed by atoms with Gasteiger partial charge in [-0.2, -0.15) is 0 Å². The van der Waals surface area contributed by atoms with Crippen LogP contribution in [0.1, 0.15) is 11.6 Å². The summed E-state index contributed by atoms with van der Waals surface area (Å²) in [6, 6.07) is 13.9. The smallest absolute Gasteiger partial charge is 0.193 e. The number of rotatable bonds is 6. The Hall–Kier alpha value is -1.87. The molecule has 2 rings (SSSR count). The second-order valence-corrected chi connectivity index (χ2v) is 5.59. The maximum absolute atomic E-state index is 13.5. The monoisotopic (exact) mass is 458 g/mol. The molecule has 2 aromatic carbocycles. The van der Waals surface area contributed by atoms with Crippen molar-refractivity contribution in [3.63, 3.8) is 0 Å². The number of benzene rings is 2. The maximum atomic E-state index is 13.5. The lowest BCUT2D eigenvalue weighted by Crippen LogP contribution is -2.27. The summed E-state index contributed by atoms with van der Waals surface area (Å²) < 4.78 is 18.7. The Labute approximate surface area is 165 Å². The van der Waals surface area contributed by atoms with Gasteiger partial charge >= 0.3 is 0 Å². The summed E-state index contributed by atoms with van der Waals surface area (Å²) in [6.07, 6.45) is 0. The maximum Gasteiger partial charge on any atom is 0.193 e. The van der Waals surface area contributed by atoms with E-state index in [1.165, 1.54) is 12.1 Å². The SMILES string of the molecule is COc1ccccc1NC(N)=NCC(c1cccc(F)c1)N(C)C.I. The summed E-state index contributed by atoms with van der Waals surface area (Å²) >= 11 is 0. The molecule has 3 N–H and O–H groups in total. The number of methoxy groups -OCH3 is 1. The number of aliphatic imine (C=N–C) groups is 1. The predicted octanol–water partition coefficient (Wildman–Crippen LogP) is 3.48. The second kappa shape index (κ2) is 10.2. The molecular weight excluding hydrogens is 434 g/mol. The van der Waals surface area contributed by atoms with E-state index in [-0.39, 0.29) is 41.8 Å². The normalized spacial score (nSPS) is 12.4. The van der Waals surface area contributed by atoms with Gasteiger partial charge < -0.3 is 20.7 Å². The molecule has 0 aromatic heterocycles. The van der Waals surface area contributed by atoms with Crippen molar-refractivity contribution in [1.29, 1.82) is 0 Å². The third-order valence-electron chi connectivity index (χ3n) is 3.66. The van der Waals surface area contributed by atoms with Crippen molar-refractivity contribution >= 4 is 35.6 Å². The Kier molecular flexibility index (Phi) is 8.64. The van der Waals surface area contributed by atoms with Crippen molar-refractivity contribution in [2.45, 2.75) is 6.04 Å². The van der Waals surface area contributed by atoms with E-state index in [9.17, 15) is 4.39 Å². The largest absolute Gasteiger partial charge is 0.495 e. The van der Waals surface area contributed by atoms with Gasteiger partial charge in [-0.05, 0) is 43.9 Å². The zero-order valence-electron chi connectivity index (χ0n) is 14.6. The highest BCUT2D eigenvalue weighted by Crippen LogP contribution is 2.23. The van der Waals surface area contributed by atoms with Crippen LogP contribution in [0.25, 0.3) is 0 Å². The van der Waals surface area contributed by atoms with Gasteiger partial charge in [0.05, 0.1) is 25.4 Å². The third kappa shape index (κ3) is 6.17. The lowest BCUT2D eigenvalue weighted by Gasteiger charge is -2.23. The molecule has 7 heteroatoms. The highest BCUT2D eigenvalue weighted by atomic mass is 127. The molecule has 1 atom stereocenters. The van der Waals surface area contributed by atoms with Gasteiger partial charge in [0.15, 0.2) is 5.96 Å². The van der Waals surface area contributed by atoms with Gasteiger partial charge in [-0.25, -0.2) is 4.39 Å². The van der Waals surface area contributed by atoms with E-state index in [0.717, 1.165) is 11.3 Å². The summed E-state index contributed by atoms with van der Waals surface area (Å²) in [4.78, 5) is 6.37. The Morgan fingerprint density at radius 2 is 1.96 bits per heavy atom. The zero-order valence-corrected chi connectivity index (χ0v) is 16.9. The molecule has 0 radical (unpaired) electrons. The first-order chi connectivity index (χ1) is 11.5. The van der Waals surface area contributed by atoms with Gasteiger partial charge in [0.25, 0.3) is 0 Å². The molecule has 0 aliphatic heterocycles. The molecule has 0 fully saturated rings. The van der Waals surface area contributed by atoms with Gasteiger partial charge in [-0.3, -0.25) is 4.99 Å². The van der Waals surface area contributed by atoms with Gasteiger partial charge in [-0.15, -0.1) is 24.0 Å². The Balaban J connectivity index is 0.00000312.